The summed E-state index contributed by atoms with van der Waals surface area (Å²) in [6, 6.07) is 0.221. The highest BCUT2D eigenvalue weighted by atomic mass is 32.2. The van der Waals surface area contributed by atoms with Crippen LogP contribution in [0.1, 0.15) is 32.1 Å². The Morgan fingerprint density at radius 2 is 2.00 bits per heavy atom. The first-order valence-electron chi connectivity index (χ1n) is 6.90. The van der Waals surface area contributed by atoms with Gasteiger partial charge in [0.05, 0.1) is 12.2 Å². The van der Waals surface area contributed by atoms with Crippen molar-refractivity contribution < 1.29 is 18.3 Å². The van der Waals surface area contributed by atoms with E-state index in [-0.39, 0.29) is 18.2 Å². The fourth-order valence-corrected chi connectivity index (χ4v) is 3.93. The van der Waals surface area contributed by atoms with Gasteiger partial charge in [-0.1, -0.05) is 0 Å². The van der Waals surface area contributed by atoms with E-state index < -0.39 is 16.0 Å². The molecule has 1 saturated carbocycles. The van der Waals surface area contributed by atoms with Gasteiger partial charge in [-0.3, -0.25) is 4.79 Å². The maximum Gasteiger partial charge on any atom is 0.304 e. The molecule has 0 aromatic heterocycles. The van der Waals surface area contributed by atoms with Crippen molar-refractivity contribution in [1.82, 2.24) is 9.62 Å². The van der Waals surface area contributed by atoms with Crippen molar-refractivity contribution in [3.05, 3.63) is 0 Å². The Morgan fingerprint density at radius 1 is 1.26 bits per heavy atom. The minimum Gasteiger partial charge on any atom is -0.481 e. The van der Waals surface area contributed by atoms with Crippen molar-refractivity contribution in [2.24, 2.45) is 5.92 Å². The highest BCUT2D eigenvalue weighted by Gasteiger charge is 2.32. The summed E-state index contributed by atoms with van der Waals surface area (Å²) in [6.45, 7) is 1.98. The van der Waals surface area contributed by atoms with Gasteiger partial charge < -0.3 is 10.4 Å². The molecule has 1 saturated heterocycles. The highest BCUT2D eigenvalue weighted by Crippen LogP contribution is 2.31. The SMILES string of the molecule is O=C(O)CCS(=O)(=O)N(CC1CC1)CC1CCCN1. The lowest BCUT2D eigenvalue weighted by atomic mass is 10.2. The zero-order chi connectivity index (χ0) is 13.9. The van der Waals surface area contributed by atoms with Crippen LogP contribution >= 0.6 is 0 Å². The molecule has 2 rings (SSSR count). The number of hydrogen-bond acceptors (Lipinski definition) is 4. The van der Waals surface area contributed by atoms with Crippen LogP contribution in [-0.2, 0) is 14.8 Å². The van der Waals surface area contributed by atoms with Crippen LogP contribution in [0.15, 0.2) is 0 Å². The van der Waals surface area contributed by atoms with Gasteiger partial charge in [-0.2, -0.15) is 0 Å². The summed E-state index contributed by atoms with van der Waals surface area (Å²) in [5.41, 5.74) is 0. The Kier molecular flexibility index (Phi) is 4.81. The third-order valence-corrected chi connectivity index (χ3v) is 5.52. The van der Waals surface area contributed by atoms with Crippen LogP contribution in [0.3, 0.4) is 0 Å². The molecule has 0 aromatic carbocycles. The van der Waals surface area contributed by atoms with E-state index in [9.17, 15) is 13.2 Å². The van der Waals surface area contributed by atoms with Gasteiger partial charge in [-0.25, -0.2) is 12.7 Å². The van der Waals surface area contributed by atoms with Crippen molar-refractivity contribution >= 4 is 16.0 Å². The summed E-state index contributed by atoms with van der Waals surface area (Å²) in [5.74, 6) is -0.878. The van der Waals surface area contributed by atoms with E-state index in [2.05, 4.69) is 5.32 Å². The minimum absolute atomic E-state index is 0.221. The largest absolute Gasteiger partial charge is 0.481 e. The number of carboxylic acids is 1. The summed E-state index contributed by atoms with van der Waals surface area (Å²) in [7, 11) is -3.45. The van der Waals surface area contributed by atoms with Crippen molar-refractivity contribution in [3.63, 3.8) is 0 Å². The molecule has 0 aromatic rings. The standard InChI is InChI=1S/C12H22N2O4S/c15-12(16)5-7-19(17,18)14(8-10-3-4-10)9-11-2-1-6-13-11/h10-11,13H,1-9H2,(H,15,16). The van der Waals surface area contributed by atoms with Gasteiger partial charge in [-0.15, -0.1) is 0 Å². The molecule has 0 amide bonds. The van der Waals surface area contributed by atoms with Crippen molar-refractivity contribution in [3.8, 4) is 0 Å². The quantitative estimate of drug-likeness (QED) is 0.669. The second-order valence-corrected chi connectivity index (χ2v) is 7.60. The minimum atomic E-state index is -3.45. The number of aliphatic carboxylic acids is 1. The monoisotopic (exact) mass is 290 g/mol. The average molecular weight is 290 g/mol. The van der Waals surface area contributed by atoms with Crippen molar-refractivity contribution in [1.29, 1.82) is 0 Å². The van der Waals surface area contributed by atoms with Gasteiger partial charge in [0, 0.05) is 19.1 Å². The molecule has 1 atom stereocenters. The molecule has 1 heterocycles. The lowest BCUT2D eigenvalue weighted by Crippen LogP contribution is -2.43. The second-order valence-electron chi connectivity index (χ2n) is 5.51. The summed E-state index contributed by atoms with van der Waals surface area (Å²) < 4.78 is 26.0. The fourth-order valence-electron chi connectivity index (χ4n) is 2.39. The molecule has 110 valence electrons. The lowest BCUT2D eigenvalue weighted by molar-refractivity contribution is -0.136. The number of sulfonamides is 1. The van der Waals surface area contributed by atoms with Gasteiger partial charge in [0.2, 0.25) is 10.0 Å². The number of carboxylic acid groups (broad SMARTS) is 1. The molecule has 1 aliphatic carbocycles. The summed E-state index contributed by atoms with van der Waals surface area (Å²) in [5, 5.41) is 11.9. The number of nitrogens with zero attached hydrogens (tertiary/aromatic N) is 1. The maximum absolute atomic E-state index is 12.2. The van der Waals surface area contributed by atoms with Crippen molar-refractivity contribution in [2.75, 3.05) is 25.4 Å². The predicted molar refractivity (Wildman–Crippen MR) is 71.4 cm³/mol. The van der Waals surface area contributed by atoms with Gasteiger partial charge >= 0.3 is 5.97 Å². The Morgan fingerprint density at radius 3 is 2.53 bits per heavy atom. The van der Waals surface area contributed by atoms with E-state index in [0.717, 1.165) is 32.2 Å². The van der Waals surface area contributed by atoms with E-state index in [1.165, 1.54) is 4.31 Å². The normalized spacial score (nSPS) is 23.9. The van der Waals surface area contributed by atoms with Crippen LogP contribution in [0.2, 0.25) is 0 Å². The topological polar surface area (TPSA) is 86.7 Å². The molecule has 2 fully saturated rings. The first-order valence-corrected chi connectivity index (χ1v) is 8.51. The first kappa shape index (κ1) is 14.7. The van der Waals surface area contributed by atoms with E-state index in [1.54, 1.807) is 0 Å². The molecule has 7 heteroatoms. The second kappa shape index (κ2) is 6.19. The Hall–Kier alpha value is -0.660. The third kappa shape index (κ3) is 4.74. The van der Waals surface area contributed by atoms with Gasteiger partial charge in [0.25, 0.3) is 0 Å². The summed E-state index contributed by atoms with van der Waals surface area (Å²) >= 11 is 0. The van der Waals surface area contributed by atoms with Crippen LogP contribution < -0.4 is 5.32 Å². The van der Waals surface area contributed by atoms with Gasteiger partial charge in [-0.05, 0) is 38.1 Å². The molecule has 2 N–H and O–H groups in total. The third-order valence-electron chi connectivity index (χ3n) is 3.71. The van der Waals surface area contributed by atoms with E-state index in [4.69, 9.17) is 5.11 Å². The Bertz CT molecular complexity index is 413. The highest BCUT2D eigenvalue weighted by molar-refractivity contribution is 7.89. The van der Waals surface area contributed by atoms with Crippen LogP contribution in [0, 0.1) is 5.92 Å². The predicted octanol–water partition coefficient (Wildman–Crippen LogP) is 0.255. The molecular weight excluding hydrogens is 268 g/mol. The van der Waals surface area contributed by atoms with Crippen LogP contribution in [-0.4, -0.2) is 55.2 Å². The van der Waals surface area contributed by atoms with Crippen LogP contribution in [0.5, 0.6) is 0 Å². The number of rotatable bonds is 8. The Labute approximate surface area is 114 Å². The number of hydrogen-bond donors (Lipinski definition) is 2. The molecule has 0 radical (unpaired) electrons. The van der Waals surface area contributed by atoms with E-state index in [1.807, 2.05) is 0 Å². The summed E-state index contributed by atoms with van der Waals surface area (Å²) in [4.78, 5) is 10.6. The molecule has 2 aliphatic rings. The molecule has 19 heavy (non-hydrogen) atoms. The van der Waals surface area contributed by atoms with E-state index in [0.29, 0.717) is 19.0 Å². The van der Waals surface area contributed by atoms with Crippen LogP contribution in [0.4, 0.5) is 0 Å². The number of carbonyl (C=O) groups is 1. The summed E-state index contributed by atoms with van der Waals surface area (Å²) in [6.07, 6.45) is 3.93. The van der Waals surface area contributed by atoms with Crippen molar-refractivity contribution in [2.45, 2.75) is 38.1 Å². The average Bonchev–Trinajstić information content (AvgIpc) is 3.00. The lowest BCUT2D eigenvalue weighted by Gasteiger charge is -2.25. The smallest absolute Gasteiger partial charge is 0.304 e. The molecule has 0 spiro atoms. The molecular formula is C12H22N2O4S. The van der Waals surface area contributed by atoms with Gasteiger partial charge in [0.1, 0.15) is 0 Å². The maximum atomic E-state index is 12.2. The van der Waals surface area contributed by atoms with Crippen LogP contribution in [0.25, 0.3) is 0 Å². The molecule has 1 aliphatic heterocycles. The van der Waals surface area contributed by atoms with Gasteiger partial charge in [0.15, 0.2) is 0 Å². The fraction of sp³-hybridized carbons (Fsp3) is 0.917. The first-order chi connectivity index (χ1) is 8.97. The molecule has 1 unspecified atom stereocenters. The van der Waals surface area contributed by atoms with E-state index >= 15 is 0 Å². The zero-order valence-corrected chi connectivity index (χ0v) is 11.9. The molecule has 0 bridgehead atoms. The molecule has 6 nitrogen and oxygen atoms in total. The Balaban J connectivity index is 1.95. The zero-order valence-electron chi connectivity index (χ0n) is 11.0. The number of nitrogens with one attached hydrogen (secondary N) is 1.